The second kappa shape index (κ2) is 5.24. The van der Waals surface area contributed by atoms with E-state index in [0.29, 0.717) is 23.9 Å². The van der Waals surface area contributed by atoms with E-state index in [1.165, 1.54) is 12.0 Å². The summed E-state index contributed by atoms with van der Waals surface area (Å²) < 4.78 is 18.6. The van der Waals surface area contributed by atoms with Crippen LogP contribution in [0.1, 0.15) is 51.5 Å². The van der Waals surface area contributed by atoms with Crippen LogP contribution >= 0.6 is 0 Å². The molecule has 4 fully saturated rings. The summed E-state index contributed by atoms with van der Waals surface area (Å²) in [7, 11) is -0.294. The number of para-hydroxylation sites is 1. The van der Waals surface area contributed by atoms with Crippen LogP contribution in [0.3, 0.4) is 0 Å². The van der Waals surface area contributed by atoms with E-state index >= 15 is 0 Å². The van der Waals surface area contributed by atoms with Gasteiger partial charge in [0.2, 0.25) is 0 Å². The van der Waals surface area contributed by atoms with Crippen LogP contribution in [-0.4, -0.2) is 31.4 Å². The van der Waals surface area contributed by atoms with Crippen molar-refractivity contribution in [1.82, 2.24) is 0 Å². The van der Waals surface area contributed by atoms with Gasteiger partial charge in [-0.2, -0.15) is 0 Å². The molecule has 6 rings (SSSR count). The first kappa shape index (κ1) is 16.2. The first-order valence-corrected chi connectivity index (χ1v) is 9.70. The molecule has 6 atom stereocenters. The number of benzene rings is 1. The Bertz CT molecular complexity index is 695. The van der Waals surface area contributed by atoms with Gasteiger partial charge < -0.3 is 19.8 Å². The Morgan fingerprint density at radius 2 is 2.04 bits per heavy atom. The van der Waals surface area contributed by atoms with Crippen LogP contribution in [0.15, 0.2) is 24.3 Å². The van der Waals surface area contributed by atoms with Crippen LogP contribution in [0.5, 0.6) is 5.75 Å². The SMILES string of the molecule is CC1(C)C2CC1[C@]1(C)OB([C@@H](N)C[C@@H]3COc4ccccc43)O[C@@H]1C2. The highest BCUT2D eigenvalue weighted by Crippen LogP contribution is 2.65. The Hall–Kier alpha value is -1.04. The van der Waals surface area contributed by atoms with Crippen molar-refractivity contribution in [2.24, 2.45) is 23.0 Å². The summed E-state index contributed by atoms with van der Waals surface area (Å²) >= 11 is 0. The molecule has 4 nitrogen and oxygen atoms in total. The monoisotopic (exact) mass is 341 g/mol. The molecule has 1 aromatic rings. The lowest BCUT2D eigenvalue weighted by Crippen LogP contribution is -2.65. The van der Waals surface area contributed by atoms with Gasteiger partial charge in [0, 0.05) is 17.4 Å². The maximum Gasteiger partial charge on any atom is 0.475 e. The van der Waals surface area contributed by atoms with E-state index in [1.54, 1.807) is 0 Å². The molecule has 3 aliphatic carbocycles. The summed E-state index contributed by atoms with van der Waals surface area (Å²) in [5.74, 6) is 2.55. The fourth-order valence-electron chi connectivity index (χ4n) is 5.95. The molecule has 134 valence electrons. The van der Waals surface area contributed by atoms with Gasteiger partial charge >= 0.3 is 7.12 Å². The van der Waals surface area contributed by atoms with E-state index in [4.69, 9.17) is 19.8 Å². The molecule has 0 spiro atoms. The molecule has 2 heterocycles. The Kier molecular flexibility index (Phi) is 3.39. The molecule has 2 aliphatic heterocycles. The molecule has 2 unspecified atom stereocenters. The molecule has 0 radical (unpaired) electrons. The lowest BCUT2D eigenvalue weighted by molar-refractivity contribution is -0.199. The third kappa shape index (κ3) is 2.19. The Labute approximate surface area is 150 Å². The molecular formula is C20H28BNO3. The molecule has 1 aromatic carbocycles. The van der Waals surface area contributed by atoms with Gasteiger partial charge in [0.1, 0.15) is 5.75 Å². The zero-order valence-corrected chi connectivity index (χ0v) is 15.4. The lowest BCUT2D eigenvalue weighted by atomic mass is 9.43. The van der Waals surface area contributed by atoms with E-state index in [1.807, 2.05) is 12.1 Å². The predicted octanol–water partition coefficient (Wildman–Crippen LogP) is 3.15. The minimum atomic E-state index is -0.294. The summed E-state index contributed by atoms with van der Waals surface area (Å²) in [4.78, 5) is 0. The molecule has 5 heteroatoms. The van der Waals surface area contributed by atoms with Crippen molar-refractivity contribution in [2.45, 2.75) is 63.6 Å². The first-order valence-electron chi connectivity index (χ1n) is 9.70. The van der Waals surface area contributed by atoms with Crippen molar-refractivity contribution in [1.29, 1.82) is 0 Å². The van der Waals surface area contributed by atoms with Crippen molar-refractivity contribution < 1.29 is 14.0 Å². The topological polar surface area (TPSA) is 53.7 Å². The molecule has 0 amide bonds. The summed E-state index contributed by atoms with van der Waals surface area (Å²) in [6.07, 6.45) is 3.42. The van der Waals surface area contributed by atoms with Crippen molar-refractivity contribution in [2.75, 3.05) is 6.61 Å². The highest BCUT2D eigenvalue weighted by molar-refractivity contribution is 6.47. The number of nitrogens with two attached hydrogens (primary N) is 1. The normalized spacial score (nSPS) is 41.5. The fourth-order valence-corrected chi connectivity index (χ4v) is 5.95. The van der Waals surface area contributed by atoms with E-state index < -0.39 is 0 Å². The summed E-state index contributed by atoms with van der Waals surface area (Å²) in [5, 5.41) is 0. The summed E-state index contributed by atoms with van der Waals surface area (Å²) in [6.45, 7) is 7.73. The first-order chi connectivity index (χ1) is 11.9. The highest BCUT2D eigenvalue weighted by atomic mass is 16.7. The van der Waals surface area contributed by atoms with Crippen LogP contribution in [0.4, 0.5) is 0 Å². The van der Waals surface area contributed by atoms with Gasteiger partial charge in [0.15, 0.2) is 0 Å². The molecule has 0 aromatic heterocycles. The zero-order chi connectivity index (χ0) is 17.4. The Balaban J connectivity index is 1.30. The second-order valence-corrected chi connectivity index (χ2v) is 9.28. The van der Waals surface area contributed by atoms with Crippen molar-refractivity contribution >= 4 is 7.12 Å². The number of ether oxygens (including phenoxy) is 1. The van der Waals surface area contributed by atoms with Crippen molar-refractivity contribution in [3.63, 3.8) is 0 Å². The van der Waals surface area contributed by atoms with Gasteiger partial charge in [-0.1, -0.05) is 32.0 Å². The summed E-state index contributed by atoms with van der Waals surface area (Å²) in [5.41, 5.74) is 8.01. The second-order valence-electron chi connectivity index (χ2n) is 9.28. The predicted molar refractivity (Wildman–Crippen MR) is 97.4 cm³/mol. The number of hydrogen-bond donors (Lipinski definition) is 1. The third-order valence-corrected chi connectivity index (χ3v) is 7.67. The molecule has 2 N–H and O–H groups in total. The molecule has 5 aliphatic rings. The fraction of sp³-hybridized carbons (Fsp3) is 0.700. The summed E-state index contributed by atoms with van der Waals surface area (Å²) in [6, 6.07) is 8.27. The van der Waals surface area contributed by atoms with E-state index in [-0.39, 0.29) is 24.8 Å². The number of fused-ring (bicyclic) bond motifs is 1. The van der Waals surface area contributed by atoms with Crippen LogP contribution in [0.25, 0.3) is 0 Å². The average Bonchev–Trinajstić information content (AvgIpc) is 3.15. The smallest absolute Gasteiger partial charge is 0.475 e. The molecule has 3 saturated carbocycles. The minimum absolute atomic E-state index is 0.123. The highest BCUT2D eigenvalue weighted by Gasteiger charge is 2.68. The Morgan fingerprint density at radius 3 is 2.84 bits per heavy atom. The van der Waals surface area contributed by atoms with Crippen LogP contribution in [0.2, 0.25) is 0 Å². The standard InChI is InChI=1S/C20H28BNO3/c1-19(2)13-9-16(19)20(3)17(10-13)24-21(25-20)18(22)8-12-11-23-15-7-5-4-6-14(12)15/h4-7,12-13,16-18H,8-11,22H2,1-3H3/t12-,13?,16?,17-,18+,20+/m1/s1. The van der Waals surface area contributed by atoms with E-state index in [0.717, 1.165) is 24.5 Å². The molecular weight excluding hydrogens is 313 g/mol. The number of hydrogen-bond acceptors (Lipinski definition) is 4. The minimum Gasteiger partial charge on any atom is -0.493 e. The van der Waals surface area contributed by atoms with Crippen molar-refractivity contribution in [3.8, 4) is 5.75 Å². The quantitative estimate of drug-likeness (QED) is 0.858. The van der Waals surface area contributed by atoms with Crippen LogP contribution in [0, 0.1) is 17.3 Å². The van der Waals surface area contributed by atoms with Gasteiger partial charge in [-0.3, -0.25) is 0 Å². The van der Waals surface area contributed by atoms with Gasteiger partial charge in [0.25, 0.3) is 0 Å². The molecule has 1 saturated heterocycles. The van der Waals surface area contributed by atoms with Crippen LogP contribution < -0.4 is 10.5 Å². The largest absolute Gasteiger partial charge is 0.493 e. The van der Waals surface area contributed by atoms with Crippen LogP contribution in [-0.2, 0) is 9.31 Å². The van der Waals surface area contributed by atoms with Gasteiger partial charge in [-0.15, -0.1) is 0 Å². The van der Waals surface area contributed by atoms with E-state index in [2.05, 4.69) is 32.9 Å². The van der Waals surface area contributed by atoms with Gasteiger partial charge in [-0.25, -0.2) is 0 Å². The zero-order valence-electron chi connectivity index (χ0n) is 15.4. The molecule has 25 heavy (non-hydrogen) atoms. The molecule has 2 bridgehead atoms. The van der Waals surface area contributed by atoms with E-state index in [9.17, 15) is 0 Å². The maximum absolute atomic E-state index is 6.55. The van der Waals surface area contributed by atoms with Gasteiger partial charge in [0.05, 0.1) is 18.3 Å². The average molecular weight is 341 g/mol. The Morgan fingerprint density at radius 1 is 1.24 bits per heavy atom. The van der Waals surface area contributed by atoms with Gasteiger partial charge in [-0.05, 0) is 49.5 Å². The van der Waals surface area contributed by atoms with Crippen molar-refractivity contribution in [3.05, 3.63) is 29.8 Å². The number of rotatable bonds is 3. The lowest BCUT2D eigenvalue weighted by Gasteiger charge is -2.64. The maximum atomic E-state index is 6.55. The third-order valence-electron chi connectivity index (χ3n) is 7.67.